The maximum absolute atomic E-state index is 13.1. The van der Waals surface area contributed by atoms with E-state index in [1.54, 1.807) is 41.0 Å². The Balaban J connectivity index is 1.75. The lowest BCUT2D eigenvalue weighted by atomic mass is 10.1. The molecule has 1 amide bonds. The summed E-state index contributed by atoms with van der Waals surface area (Å²) in [7, 11) is 0. The minimum absolute atomic E-state index is 0.0682. The minimum atomic E-state index is -0.243. The van der Waals surface area contributed by atoms with Crippen LogP contribution in [-0.4, -0.2) is 39.7 Å². The molecule has 0 unspecified atom stereocenters. The highest BCUT2D eigenvalue weighted by Crippen LogP contribution is 2.19. The summed E-state index contributed by atoms with van der Waals surface area (Å²) in [5.41, 5.74) is 1.56. The zero-order valence-corrected chi connectivity index (χ0v) is 19.3. The van der Waals surface area contributed by atoms with Crippen LogP contribution in [0.4, 0.5) is 5.69 Å². The lowest BCUT2D eigenvalue weighted by Crippen LogP contribution is -2.25. The summed E-state index contributed by atoms with van der Waals surface area (Å²) in [6.45, 7) is 6.40. The van der Waals surface area contributed by atoms with Crippen molar-refractivity contribution in [3.05, 3.63) is 64.4 Å². The number of ketones is 1. The summed E-state index contributed by atoms with van der Waals surface area (Å²) in [6, 6.07) is 14.0. The molecular formula is C24H27N3O4S. The number of fused-ring (bicyclic) bond motifs is 1. The number of aromatic nitrogens is 2. The first-order valence-corrected chi connectivity index (χ1v) is 11.5. The van der Waals surface area contributed by atoms with Gasteiger partial charge in [0.2, 0.25) is 5.91 Å². The van der Waals surface area contributed by atoms with Crippen molar-refractivity contribution in [3.8, 4) is 0 Å². The first-order chi connectivity index (χ1) is 15.3. The van der Waals surface area contributed by atoms with E-state index in [1.165, 1.54) is 18.7 Å². The van der Waals surface area contributed by atoms with Crippen LogP contribution >= 0.6 is 11.8 Å². The van der Waals surface area contributed by atoms with Crippen LogP contribution in [0.3, 0.4) is 0 Å². The molecule has 0 saturated carbocycles. The van der Waals surface area contributed by atoms with Crippen molar-refractivity contribution in [2.24, 2.45) is 0 Å². The van der Waals surface area contributed by atoms with E-state index in [2.05, 4.69) is 10.3 Å². The summed E-state index contributed by atoms with van der Waals surface area (Å²) >= 11 is 1.21. The number of ether oxygens (including phenoxy) is 1. The topological polar surface area (TPSA) is 90.3 Å². The van der Waals surface area contributed by atoms with Crippen LogP contribution in [0.5, 0.6) is 0 Å². The van der Waals surface area contributed by atoms with Gasteiger partial charge in [0, 0.05) is 24.4 Å². The third kappa shape index (κ3) is 6.27. The molecule has 0 aliphatic rings. The van der Waals surface area contributed by atoms with Gasteiger partial charge in [-0.2, -0.15) is 0 Å². The number of carbonyl (C=O) groups is 2. The first-order valence-electron chi connectivity index (χ1n) is 10.5. The molecule has 0 radical (unpaired) electrons. The molecule has 0 spiro atoms. The number of hydrogen-bond acceptors (Lipinski definition) is 6. The molecular weight excluding hydrogens is 426 g/mol. The van der Waals surface area contributed by atoms with Crippen molar-refractivity contribution in [1.82, 2.24) is 9.55 Å². The number of Topliss-reactive ketones (excluding diaryl/α,β-unsaturated/α-hetero) is 1. The van der Waals surface area contributed by atoms with Crippen molar-refractivity contribution in [2.45, 2.75) is 45.0 Å². The molecule has 7 nitrogen and oxygen atoms in total. The SMILES string of the molecule is CC(=O)c1cccc(NC(=O)CSc2nc3ccccc3c(=O)n2CCCOC(C)C)c1. The Labute approximate surface area is 191 Å². The molecule has 2 aromatic carbocycles. The van der Waals surface area contributed by atoms with Crippen molar-refractivity contribution in [2.75, 3.05) is 17.7 Å². The Morgan fingerprint density at radius 2 is 1.94 bits per heavy atom. The smallest absolute Gasteiger partial charge is 0.262 e. The second kappa shape index (κ2) is 11.1. The van der Waals surface area contributed by atoms with Gasteiger partial charge in [0.1, 0.15) is 0 Å². The highest BCUT2D eigenvalue weighted by molar-refractivity contribution is 7.99. The fourth-order valence-corrected chi connectivity index (χ4v) is 3.97. The number of amides is 1. The van der Waals surface area contributed by atoms with Crippen LogP contribution in [0, 0.1) is 0 Å². The van der Waals surface area contributed by atoms with Crippen molar-refractivity contribution in [1.29, 1.82) is 0 Å². The fourth-order valence-electron chi connectivity index (χ4n) is 3.14. The molecule has 0 aliphatic heterocycles. The number of benzene rings is 2. The second-order valence-electron chi connectivity index (χ2n) is 7.62. The molecule has 32 heavy (non-hydrogen) atoms. The van der Waals surface area contributed by atoms with E-state index >= 15 is 0 Å². The maximum Gasteiger partial charge on any atom is 0.262 e. The molecule has 0 atom stereocenters. The van der Waals surface area contributed by atoms with Gasteiger partial charge in [-0.05, 0) is 51.5 Å². The van der Waals surface area contributed by atoms with Crippen LogP contribution in [-0.2, 0) is 16.1 Å². The molecule has 168 valence electrons. The van der Waals surface area contributed by atoms with Gasteiger partial charge >= 0.3 is 0 Å². The molecule has 1 N–H and O–H groups in total. The standard InChI is InChI=1S/C24H27N3O4S/c1-16(2)31-13-7-12-27-23(30)20-10-4-5-11-21(20)26-24(27)32-15-22(29)25-19-9-6-8-18(14-19)17(3)28/h4-6,8-11,14,16H,7,12-13,15H2,1-3H3,(H,25,29). The Hall–Kier alpha value is -2.97. The number of nitrogens with zero attached hydrogens (tertiary/aromatic N) is 2. The molecule has 8 heteroatoms. The summed E-state index contributed by atoms with van der Waals surface area (Å²) in [5.74, 6) is -0.230. The Bertz CT molecular complexity index is 1170. The van der Waals surface area contributed by atoms with Crippen molar-refractivity contribution in [3.63, 3.8) is 0 Å². The average molecular weight is 454 g/mol. The summed E-state index contributed by atoms with van der Waals surface area (Å²) in [5, 5.41) is 3.84. The van der Waals surface area contributed by atoms with Gasteiger partial charge in [-0.15, -0.1) is 0 Å². The number of thioether (sulfide) groups is 1. The Morgan fingerprint density at radius 3 is 2.69 bits per heavy atom. The number of para-hydroxylation sites is 1. The van der Waals surface area contributed by atoms with Gasteiger partial charge in [0.05, 0.1) is 22.8 Å². The first kappa shape index (κ1) is 23.7. The van der Waals surface area contributed by atoms with E-state index in [0.29, 0.717) is 46.9 Å². The van der Waals surface area contributed by atoms with Gasteiger partial charge in [-0.25, -0.2) is 4.98 Å². The number of anilines is 1. The Morgan fingerprint density at radius 1 is 1.16 bits per heavy atom. The molecule has 3 aromatic rings. The van der Waals surface area contributed by atoms with E-state index in [4.69, 9.17) is 4.74 Å². The monoisotopic (exact) mass is 453 g/mol. The number of carbonyl (C=O) groups excluding carboxylic acids is 2. The van der Waals surface area contributed by atoms with Gasteiger partial charge in [0.25, 0.3) is 5.56 Å². The number of nitrogens with one attached hydrogen (secondary N) is 1. The predicted molar refractivity (Wildman–Crippen MR) is 128 cm³/mol. The molecule has 1 heterocycles. The maximum atomic E-state index is 13.1. The quantitative estimate of drug-likeness (QED) is 0.215. The lowest BCUT2D eigenvalue weighted by Gasteiger charge is -2.14. The predicted octanol–water partition coefficient (Wildman–Crippen LogP) is 4.15. The van der Waals surface area contributed by atoms with Crippen LogP contribution in [0.1, 0.15) is 37.6 Å². The third-order valence-corrected chi connectivity index (χ3v) is 5.67. The van der Waals surface area contributed by atoms with E-state index in [-0.39, 0.29) is 29.1 Å². The van der Waals surface area contributed by atoms with E-state index in [1.807, 2.05) is 26.0 Å². The zero-order chi connectivity index (χ0) is 23.1. The molecule has 0 fully saturated rings. The van der Waals surface area contributed by atoms with Crippen molar-refractivity contribution >= 4 is 40.0 Å². The molecule has 1 aromatic heterocycles. The Kier molecular flexibility index (Phi) is 8.19. The van der Waals surface area contributed by atoms with Crippen LogP contribution < -0.4 is 10.9 Å². The van der Waals surface area contributed by atoms with Crippen molar-refractivity contribution < 1.29 is 14.3 Å². The number of hydrogen-bond donors (Lipinski definition) is 1. The van der Waals surface area contributed by atoms with Crippen LogP contribution in [0.15, 0.2) is 58.5 Å². The van der Waals surface area contributed by atoms with E-state index < -0.39 is 0 Å². The molecule has 0 bridgehead atoms. The van der Waals surface area contributed by atoms with Crippen LogP contribution in [0.25, 0.3) is 10.9 Å². The molecule has 0 aliphatic carbocycles. The highest BCUT2D eigenvalue weighted by atomic mass is 32.2. The summed E-state index contributed by atoms with van der Waals surface area (Å²) < 4.78 is 7.20. The minimum Gasteiger partial charge on any atom is -0.379 e. The zero-order valence-electron chi connectivity index (χ0n) is 18.5. The largest absolute Gasteiger partial charge is 0.379 e. The van der Waals surface area contributed by atoms with Gasteiger partial charge < -0.3 is 10.1 Å². The number of rotatable bonds is 10. The van der Waals surface area contributed by atoms with E-state index in [9.17, 15) is 14.4 Å². The highest BCUT2D eigenvalue weighted by Gasteiger charge is 2.14. The summed E-state index contributed by atoms with van der Waals surface area (Å²) in [4.78, 5) is 41.7. The van der Waals surface area contributed by atoms with Gasteiger partial charge in [0.15, 0.2) is 10.9 Å². The summed E-state index contributed by atoms with van der Waals surface area (Å²) in [6.07, 6.45) is 0.788. The van der Waals surface area contributed by atoms with Gasteiger partial charge in [-0.3, -0.25) is 19.0 Å². The van der Waals surface area contributed by atoms with E-state index in [0.717, 1.165) is 0 Å². The second-order valence-corrected chi connectivity index (χ2v) is 8.56. The van der Waals surface area contributed by atoms with Gasteiger partial charge in [-0.1, -0.05) is 36.0 Å². The third-order valence-electron chi connectivity index (χ3n) is 4.69. The van der Waals surface area contributed by atoms with Crippen LogP contribution in [0.2, 0.25) is 0 Å². The normalized spacial score (nSPS) is 11.1. The average Bonchev–Trinajstić information content (AvgIpc) is 2.76. The molecule has 0 saturated heterocycles. The molecule has 3 rings (SSSR count). The lowest BCUT2D eigenvalue weighted by molar-refractivity contribution is -0.113. The fraction of sp³-hybridized carbons (Fsp3) is 0.333.